The van der Waals surface area contributed by atoms with Crippen molar-refractivity contribution in [3.63, 3.8) is 0 Å². The van der Waals surface area contributed by atoms with E-state index in [-0.39, 0.29) is 17.9 Å². The Hall–Kier alpha value is -0.650. The van der Waals surface area contributed by atoms with E-state index in [9.17, 15) is 4.79 Å². The average molecular weight is 308 g/mol. The molecule has 4 fully saturated rings. The Morgan fingerprint density at radius 3 is 2.77 bits per heavy atom. The molecule has 4 aliphatic rings. The number of amides is 1. The van der Waals surface area contributed by atoms with Gasteiger partial charge < -0.3 is 14.4 Å². The van der Waals surface area contributed by atoms with Crippen LogP contribution in [0.25, 0.3) is 0 Å². The van der Waals surface area contributed by atoms with Crippen molar-refractivity contribution in [3.8, 4) is 0 Å². The summed E-state index contributed by atoms with van der Waals surface area (Å²) in [7, 11) is 0. The van der Waals surface area contributed by atoms with Gasteiger partial charge >= 0.3 is 0 Å². The van der Waals surface area contributed by atoms with Crippen molar-refractivity contribution in [2.45, 2.75) is 38.1 Å². The zero-order valence-corrected chi connectivity index (χ0v) is 13.5. The maximum Gasteiger partial charge on any atom is 0.248 e. The average Bonchev–Trinajstić information content (AvgIpc) is 3.11. The zero-order valence-electron chi connectivity index (χ0n) is 13.5. The standard InChI is InChI=1S/C17H28N2O3/c20-16(18-6-1-2-7-18)10-22-13-17-11-19(15-4-3-5-15)8-14(17)9-21-12-17/h14-15H,1-13H2/t14-,17+/m1/s1. The molecule has 3 heterocycles. The highest BCUT2D eigenvalue weighted by atomic mass is 16.5. The molecule has 0 radical (unpaired) electrons. The summed E-state index contributed by atoms with van der Waals surface area (Å²) in [5, 5.41) is 0. The van der Waals surface area contributed by atoms with Crippen molar-refractivity contribution in [1.29, 1.82) is 0 Å². The lowest BCUT2D eigenvalue weighted by Gasteiger charge is -2.36. The van der Waals surface area contributed by atoms with Crippen molar-refractivity contribution < 1.29 is 14.3 Å². The molecule has 0 aromatic carbocycles. The Morgan fingerprint density at radius 2 is 2.05 bits per heavy atom. The van der Waals surface area contributed by atoms with E-state index in [0.717, 1.165) is 58.3 Å². The van der Waals surface area contributed by atoms with E-state index < -0.39 is 0 Å². The molecule has 0 bridgehead atoms. The van der Waals surface area contributed by atoms with Crippen LogP contribution in [0, 0.1) is 11.3 Å². The van der Waals surface area contributed by atoms with E-state index in [2.05, 4.69) is 4.90 Å². The molecule has 0 spiro atoms. The highest BCUT2D eigenvalue weighted by Crippen LogP contribution is 2.44. The number of carbonyl (C=O) groups excluding carboxylic acids is 1. The van der Waals surface area contributed by atoms with Gasteiger partial charge in [-0.2, -0.15) is 0 Å². The number of ether oxygens (including phenoxy) is 2. The van der Waals surface area contributed by atoms with Crippen LogP contribution in [0.5, 0.6) is 0 Å². The number of rotatable bonds is 5. The molecular weight excluding hydrogens is 280 g/mol. The monoisotopic (exact) mass is 308 g/mol. The Bertz CT molecular complexity index is 420. The molecule has 22 heavy (non-hydrogen) atoms. The number of hydrogen-bond donors (Lipinski definition) is 0. The molecule has 5 heteroatoms. The van der Waals surface area contributed by atoms with Crippen molar-refractivity contribution in [2.24, 2.45) is 11.3 Å². The van der Waals surface area contributed by atoms with Crippen molar-refractivity contribution in [2.75, 3.05) is 52.6 Å². The summed E-state index contributed by atoms with van der Waals surface area (Å²) in [6, 6.07) is 0.800. The van der Waals surface area contributed by atoms with Gasteiger partial charge in [0.05, 0.1) is 19.8 Å². The fourth-order valence-electron chi connectivity index (χ4n) is 4.51. The Morgan fingerprint density at radius 1 is 1.23 bits per heavy atom. The summed E-state index contributed by atoms with van der Waals surface area (Å²) in [6.45, 7) is 6.68. The number of fused-ring (bicyclic) bond motifs is 1. The fraction of sp³-hybridized carbons (Fsp3) is 0.941. The van der Waals surface area contributed by atoms with Gasteiger partial charge in [0.2, 0.25) is 5.91 Å². The molecule has 5 nitrogen and oxygen atoms in total. The molecule has 3 saturated heterocycles. The Balaban J connectivity index is 1.29. The first kappa shape index (κ1) is 14.9. The van der Waals surface area contributed by atoms with E-state index in [1.54, 1.807) is 0 Å². The third kappa shape index (κ3) is 2.68. The van der Waals surface area contributed by atoms with Crippen molar-refractivity contribution >= 4 is 5.91 Å². The largest absolute Gasteiger partial charge is 0.380 e. The summed E-state index contributed by atoms with van der Waals surface area (Å²) in [5.74, 6) is 0.758. The number of carbonyl (C=O) groups is 1. The molecule has 1 saturated carbocycles. The smallest absolute Gasteiger partial charge is 0.248 e. The molecule has 1 aliphatic carbocycles. The summed E-state index contributed by atoms with van der Waals surface area (Å²) >= 11 is 0. The topological polar surface area (TPSA) is 42.0 Å². The maximum atomic E-state index is 12.1. The number of nitrogens with zero attached hydrogens (tertiary/aromatic N) is 2. The summed E-state index contributed by atoms with van der Waals surface area (Å²) in [4.78, 5) is 16.7. The lowest BCUT2D eigenvalue weighted by molar-refractivity contribution is -0.136. The van der Waals surface area contributed by atoms with Gasteiger partial charge in [0.1, 0.15) is 6.61 Å². The molecule has 3 aliphatic heterocycles. The van der Waals surface area contributed by atoms with Crippen LogP contribution in [0.1, 0.15) is 32.1 Å². The summed E-state index contributed by atoms with van der Waals surface area (Å²) in [6.07, 6.45) is 6.38. The lowest BCUT2D eigenvalue weighted by atomic mass is 9.82. The fourth-order valence-corrected chi connectivity index (χ4v) is 4.51. The molecule has 2 atom stereocenters. The van der Waals surface area contributed by atoms with E-state index in [1.807, 2.05) is 4.90 Å². The molecule has 124 valence electrons. The minimum atomic E-state index is 0.140. The van der Waals surface area contributed by atoms with Gasteiger partial charge in [0.25, 0.3) is 0 Å². The van der Waals surface area contributed by atoms with Gasteiger partial charge in [-0.15, -0.1) is 0 Å². The minimum Gasteiger partial charge on any atom is -0.380 e. The van der Waals surface area contributed by atoms with Crippen LogP contribution in [-0.2, 0) is 14.3 Å². The van der Waals surface area contributed by atoms with Crippen LogP contribution in [0.15, 0.2) is 0 Å². The van der Waals surface area contributed by atoms with Gasteiger partial charge in [0.15, 0.2) is 0 Å². The molecule has 4 rings (SSSR count). The van der Waals surface area contributed by atoms with E-state index in [0.29, 0.717) is 12.5 Å². The van der Waals surface area contributed by atoms with E-state index >= 15 is 0 Å². The third-order valence-electron chi connectivity index (χ3n) is 6.21. The highest BCUT2D eigenvalue weighted by Gasteiger charge is 2.52. The van der Waals surface area contributed by atoms with Gasteiger partial charge in [-0.3, -0.25) is 9.69 Å². The first-order valence-corrected chi connectivity index (χ1v) is 8.94. The van der Waals surface area contributed by atoms with E-state index in [1.165, 1.54) is 19.3 Å². The van der Waals surface area contributed by atoms with Gasteiger partial charge in [-0.1, -0.05) is 6.42 Å². The second-order valence-corrected chi connectivity index (χ2v) is 7.67. The van der Waals surface area contributed by atoms with Crippen LogP contribution in [0.3, 0.4) is 0 Å². The highest BCUT2D eigenvalue weighted by molar-refractivity contribution is 5.77. The summed E-state index contributed by atoms with van der Waals surface area (Å²) < 4.78 is 11.6. The second kappa shape index (κ2) is 6.10. The van der Waals surface area contributed by atoms with Crippen LogP contribution in [0.2, 0.25) is 0 Å². The van der Waals surface area contributed by atoms with Gasteiger partial charge in [-0.25, -0.2) is 0 Å². The quantitative estimate of drug-likeness (QED) is 0.763. The van der Waals surface area contributed by atoms with Crippen LogP contribution in [-0.4, -0.2) is 74.4 Å². The number of likely N-dealkylation sites (tertiary alicyclic amines) is 2. The SMILES string of the molecule is O=C(COC[C@]12COC[C@H]1CN(C1CCC1)C2)N1CCCC1. The van der Waals surface area contributed by atoms with Crippen molar-refractivity contribution in [1.82, 2.24) is 9.80 Å². The second-order valence-electron chi connectivity index (χ2n) is 7.67. The predicted octanol–water partition coefficient (Wildman–Crippen LogP) is 1.13. The zero-order chi connectivity index (χ0) is 15.0. The Kier molecular flexibility index (Phi) is 4.13. The first-order valence-electron chi connectivity index (χ1n) is 8.94. The Labute approximate surface area is 132 Å². The predicted molar refractivity (Wildman–Crippen MR) is 82.6 cm³/mol. The third-order valence-corrected chi connectivity index (χ3v) is 6.21. The molecule has 0 unspecified atom stereocenters. The number of hydrogen-bond acceptors (Lipinski definition) is 4. The minimum absolute atomic E-state index is 0.140. The normalized spacial score (nSPS) is 35.8. The first-order chi connectivity index (χ1) is 10.8. The lowest BCUT2D eigenvalue weighted by Crippen LogP contribution is -2.42. The maximum absolute atomic E-state index is 12.1. The van der Waals surface area contributed by atoms with E-state index in [4.69, 9.17) is 9.47 Å². The van der Waals surface area contributed by atoms with Crippen molar-refractivity contribution in [3.05, 3.63) is 0 Å². The summed E-state index contributed by atoms with van der Waals surface area (Å²) in [5.41, 5.74) is 0.140. The van der Waals surface area contributed by atoms with Gasteiger partial charge in [-0.05, 0) is 25.7 Å². The van der Waals surface area contributed by atoms with Crippen LogP contribution >= 0.6 is 0 Å². The molecule has 0 aromatic heterocycles. The molecule has 0 aromatic rings. The molecule has 1 amide bonds. The molecular formula is C17H28N2O3. The van der Waals surface area contributed by atoms with Crippen LogP contribution < -0.4 is 0 Å². The van der Waals surface area contributed by atoms with Gasteiger partial charge in [0, 0.05) is 43.6 Å². The van der Waals surface area contributed by atoms with Crippen LogP contribution in [0.4, 0.5) is 0 Å². The molecule has 0 N–H and O–H groups in total.